The number of aromatic amines is 2. The molecule has 2 aliphatic heterocycles. The molecule has 0 bridgehead atoms. The molecule has 8 aromatic heterocycles. The fourth-order valence-corrected chi connectivity index (χ4v) is 12.1. The molecule has 84 heavy (non-hydrogen) atoms. The SMILES string of the molecule is C.COc1cc(C)[nH]c(=O)c1CN.COc1cc(C)[nH]c(=O)c1CNC(=O)c1cc2cc(-c3nccn3C)cn2c(C(C)N2CCC(N(C)C)CC2)c1C.Cc1c(C(=O)O)cc2cc(-c3nccn3C)cn2c1C(C)N1CCC(N(C)C)CC1. The molecule has 2 atom stereocenters. The van der Waals surface area contributed by atoms with E-state index >= 15 is 0 Å². The van der Waals surface area contributed by atoms with Crippen LogP contribution in [0.5, 0.6) is 11.5 Å². The lowest BCUT2D eigenvalue weighted by Gasteiger charge is -2.39. The van der Waals surface area contributed by atoms with E-state index in [9.17, 15) is 24.3 Å². The van der Waals surface area contributed by atoms with Gasteiger partial charge in [-0.1, -0.05) is 7.43 Å². The van der Waals surface area contributed by atoms with Crippen LogP contribution in [-0.2, 0) is 27.2 Å². The minimum absolute atomic E-state index is 0. The monoisotopic (exact) mass is 1150 g/mol. The highest BCUT2D eigenvalue weighted by molar-refractivity contribution is 5.97. The molecule has 0 radical (unpaired) electrons. The number of aromatic carboxylic acids is 1. The summed E-state index contributed by atoms with van der Waals surface area (Å²) >= 11 is 0. The van der Waals surface area contributed by atoms with E-state index in [2.05, 4.69) is 114 Å². The highest BCUT2D eigenvalue weighted by atomic mass is 16.5. The van der Waals surface area contributed by atoms with Gasteiger partial charge in [0.05, 0.1) is 37.5 Å². The second-order valence-corrected chi connectivity index (χ2v) is 22.6. The first-order chi connectivity index (χ1) is 39.5. The van der Waals surface area contributed by atoms with Crippen molar-refractivity contribution >= 4 is 22.9 Å². The van der Waals surface area contributed by atoms with E-state index in [4.69, 9.17) is 15.2 Å². The van der Waals surface area contributed by atoms with Crippen LogP contribution < -0.4 is 31.6 Å². The number of imidazole rings is 2. The maximum absolute atomic E-state index is 13.7. The third-order valence-corrected chi connectivity index (χ3v) is 16.9. The number of methoxy groups -OCH3 is 2. The normalized spacial score (nSPS) is 15.1. The van der Waals surface area contributed by atoms with E-state index in [1.54, 1.807) is 44.4 Å². The number of aryl methyl sites for hydroxylation is 4. The van der Waals surface area contributed by atoms with Gasteiger partial charge in [0.25, 0.3) is 17.0 Å². The Hall–Kier alpha value is -7.82. The minimum Gasteiger partial charge on any atom is -0.496 e. The number of H-pyrrole nitrogens is 2. The molecule has 0 spiro atoms. The Kier molecular flexibility index (Phi) is 20.7. The number of amides is 1. The average molecular weight is 1150 g/mol. The van der Waals surface area contributed by atoms with Crippen LogP contribution in [0.3, 0.4) is 0 Å². The second-order valence-electron chi connectivity index (χ2n) is 22.6. The smallest absolute Gasteiger partial charge is 0.336 e. The quantitative estimate of drug-likeness (QED) is 0.0657. The van der Waals surface area contributed by atoms with Gasteiger partial charge in [0, 0.05) is 159 Å². The molecular formula is C63H88N14O7. The number of aromatic nitrogens is 8. The molecule has 1 amide bonds. The first-order valence-corrected chi connectivity index (χ1v) is 28.4. The number of nitrogens with zero attached hydrogens (tertiary/aromatic N) is 10. The first-order valence-electron chi connectivity index (χ1n) is 28.4. The lowest BCUT2D eigenvalue weighted by molar-refractivity contribution is 0.0694. The molecule has 0 saturated carbocycles. The molecule has 2 unspecified atom stereocenters. The standard InChI is InChI=1S/C31H41N7O3.C23H31N5O2.C8H12N2O2.CH4/c1-19-14-27(41-7)26(31(40)34-19)17-33-30(39)25-16-24-15-22(29-32-10-13-36(29)6)18-38(24)28(20(25)2)21(3)37-11-8-23(9-12-37)35(4)5;1-15-20(23(29)30)13-19-12-17(22-24-8-11-26(22)5)14-28(19)21(15)16(2)27-9-6-18(7-10-27)25(3)4;1-5-3-7(12-2)6(4-9)8(11)10-5;/h10,13-16,18,21,23H,8-9,11-12,17H2,1-7H3,(H,33,39)(H,34,40);8,11-14,16,18H,6-7,9-10H2,1-5H3,(H,29,30);3H,4,9H2,1-2H3,(H,10,11);1H4. The van der Waals surface area contributed by atoms with Gasteiger partial charge in [0.15, 0.2) is 0 Å². The number of piperidine rings is 2. The van der Waals surface area contributed by atoms with Gasteiger partial charge in [-0.3, -0.25) is 24.2 Å². The lowest BCUT2D eigenvalue weighted by atomic mass is 9.97. The highest BCUT2D eigenvalue weighted by Gasteiger charge is 2.31. The van der Waals surface area contributed by atoms with Gasteiger partial charge in [0.2, 0.25) is 0 Å². The number of carboxylic acid groups (broad SMARTS) is 1. The minimum atomic E-state index is -0.880. The Morgan fingerprint density at radius 2 is 1.08 bits per heavy atom. The van der Waals surface area contributed by atoms with Gasteiger partial charge in [0.1, 0.15) is 23.1 Å². The van der Waals surface area contributed by atoms with Gasteiger partial charge in [-0.25, -0.2) is 14.8 Å². The number of carboxylic acids is 1. The number of carbonyl (C=O) groups excluding carboxylic acids is 1. The van der Waals surface area contributed by atoms with Crippen LogP contribution in [0.15, 0.2) is 83.2 Å². The molecule has 21 nitrogen and oxygen atoms in total. The van der Waals surface area contributed by atoms with Crippen LogP contribution >= 0.6 is 0 Å². The third kappa shape index (κ3) is 13.6. The zero-order chi connectivity index (χ0) is 60.1. The Morgan fingerprint density at radius 3 is 1.46 bits per heavy atom. The lowest BCUT2D eigenvalue weighted by Crippen LogP contribution is -2.43. The number of likely N-dealkylation sites (tertiary alicyclic amines) is 2. The van der Waals surface area contributed by atoms with Crippen LogP contribution in [0.2, 0.25) is 0 Å². The summed E-state index contributed by atoms with van der Waals surface area (Å²) in [5, 5.41) is 12.8. The predicted octanol–water partition coefficient (Wildman–Crippen LogP) is 7.89. The van der Waals surface area contributed by atoms with Crippen molar-refractivity contribution in [2.75, 3.05) is 68.6 Å². The molecule has 0 aromatic carbocycles. The highest BCUT2D eigenvalue weighted by Crippen LogP contribution is 2.35. The van der Waals surface area contributed by atoms with Crippen molar-refractivity contribution in [3.63, 3.8) is 0 Å². The zero-order valence-corrected chi connectivity index (χ0v) is 50.8. The number of pyridine rings is 4. The van der Waals surface area contributed by atoms with Crippen molar-refractivity contribution in [2.24, 2.45) is 19.8 Å². The van der Waals surface area contributed by atoms with Gasteiger partial charge in [-0.2, -0.15) is 0 Å². The van der Waals surface area contributed by atoms with Gasteiger partial charge in [-0.05, 0) is 143 Å². The van der Waals surface area contributed by atoms with Crippen LogP contribution in [0, 0.1) is 27.7 Å². The summed E-state index contributed by atoms with van der Waals surface area (Å²) in [6, 6.07) is 12.8. The van der Waals surface area contributed by atoms with Crippen LogP contribution in [0.4, 0.5) is 0 Å². The Morgan fingerprint density at radius 1 is 0.679 bits per heavy atom. The summed E-state index contributed by atoms with van der Waals surface area (Å²) in [5.41, 5.74) is 15.9. The number of carbonyl (C=O) groups is 2. The second kappa shape index (κ2) is 27.3. The topological polar surface area (TPSA) is 234 Å². The van der Waals surface area contributed by atoms with E-state index in [1.165, 1.54) is 14.2 Å². The summed E-state index contributed by atoms with van der Waals surface area (Å²) in [6.45, 7) is 16.2. The Balaban J connectivity index is 0.000000205. The number of hydrogen-bond acceptors (Lipinski definition) is 13. The van der Waals surface area contributed by atoms with Crippen molar-refractivity contribution in [3.05, 3.63) is 150 Å². The molecule has 10 heterocycles. The summed E-state index contributed by atoms with van der Waals surface area (Å²) in [5.74, 6) is 1.65. The summed E-state index contributed by atoms with van der Waals surface area (Å²) in [6.07, 6.45) is 16.1. The average Bonchev–Trinajstić information content (AvgIpc) is 2.77. The summed E-state index contributed by atoms with van der Waals surface area (Å²) in [4.78, 5) is 73.6. The number of ether oxygens (including phenoxy) is 2. The fraction of sp³-hybridized carbons (Fsp3) is 0.460. The Bertz CT molecular complexity index is 3710. The van der Waals surface area contributed by atoms with E-state index in [1.807, 2.05) is 61.6 Å². The predicted molar refractivity (Wildman–Crippen MR) is 332 cm³/mol. The largest absolute Gasteiger partial charge is 0.496 e. The molecule has 6 N–H and O–H groups in total. The van der Waals surface area contributed by atoms with Crippen LogP contribution in [-0.4, -0.2) is 155 Å². The van der Waals surface area contributed by atoms with Crippen molar-refractivity contribution in [1.82, 2.24) is 62.8 Å². The fourth-order valence-electron chi connectivity index (χ4n) is 12.1. The molecular weight excluding hydrogens is 1060 g/mol. The van der Waals surface area contributed by atoms with Gasteiger partial charge in [-0.15, -0.1) is 0 Å². The molecule has 2 saturated heterocycles. The third-order valence-electron chi connectivity index (χ3n) is 16.9. The first kappa shape index (κ1) is 63.8. The maximum atomic E-state index is 13.7. The molecule has 10 rings (SSSR count). The number of nitrogens with two attached hydrogens (primary N) is 1. The molecule has 2 fully saturated rings. The number of hydrogen-bond donors (Lipinski definition) is 5. The number of rotatable bonds is 15. The molecule has 0 aliphatic carbocycles. The van der Waals surface area contributed by atoms with Crippen LogP contribution in [0.1, 0.15) is 125 Å². The molecule has 452 valence electrons. The number of nitrogens with one attached hydrogen (secondary N) is 3. The number of fused-ring (bicyclic) bond motifs is 2. The molecule has 21 heteroatoms. The summed E-state index contributed by atoms with van der Waals surface area (Å²) in [7, 11) is 15.6. The van der Waals surface area contributed by atoms with Crippen molar-refractivity contribution in [3.8, 4) is 34.3 Å². The van der Waals surface area contributed by atoms with Gasteiger partial charge < -0.3 is 63.3 Å². The molecule has 2 aliphatic rings. The van der Waals surface area contributed by atoms with Crippen molar-refractivity contribution < 1.29 is 24.2 Å². The van der Waals surface area contributed by atoms with E-state index in [-0.39, 0.29) is 49.6 Å². The molecule has 8 aromatic rings. The van der Waals surface area contributed by atoms with Crippen molar-refractivity contribution in [1.29, 1.82) is 0 Å². The summed E-state index contributed by atoms with van der Waals surface area (Å²) < 4.78 is 18.8. The van der Waals surface area contributed by atoms with Gasteiger partial charge >= 0.3 is 5.97 Å². The van der Waals surface area contributed by atoms with E-state index < -0.39 is 5.97 Å². The van der Waals surface area contributed by atoms with E-state index in [0.29, 0.717) is 51.5 Å². The van der Waals surface area contributed by atoms with Crippen molar-refractivity contribution in [2.45, 2.75) is 112 Å². The van der Waals surface area contributed by atoms with Crippen LogP contribution in [0.25, 0.3) is 33.8 Å². The Labute approximate surface area is 493 Å². The maximum Gasteiger partial charge on any atom is 0.336 e. The van der Waals surface area contributed by atoms with E-state index in [0.717, 1.165) is 114 Å². The zero-order valence-electron chi connectivity index (χ0n) is 50.8.